The molecule has 0 aliphatic rings. The number of hydrogen-bond donors (Lipinski definition) is 3. The summed E-state index contributed by atoms with van der Waals surface area (Å²) in [6.45, 7) is 7.48. The Morgan fingerprint density at radius 1 is 1.10 bits per heavy atom. The van der Waals surface area contributed by atoms with Crippen molar-refractivity contribution in [2.45, 2.75) is 46.4 Å². The molecule has 6 nitrogen and oxygen atoms in total. The highest BCUT2D eigenvalue weighted by molar-refractivity contribution is 5.93. The number of carbonyl (C=O) groups excluding carboxylic acids is 1. The van der Waals surface area contributed by atoms with Gasteiger partial charge in [-0.15, -0.1) is 0 Å². The van der Waals surface area contributed by atoms with Gasteiger partial charge in [-0.3, -0.25) is 9.79 Å². The number of aryl methyl sites for hydroxylation is 1. The first-order valence-corrected chi connectivity index (χ1v) is 9.98. The second-order valence-electron chi connectivity index (χ2n) is 7.00. The molecule has 0 aliphatic carbocycles. The predicted molar refractivity (Wildman–Crippen MR) is 118 cm³/mol. The van der Waals surface area contributed by atoms with Gasteiger partial charge in [0.05, 0.1) is 6.10 Å². The van der Waals surface area contributed by atoms with Crippen LogP contribution in [0.2, 0.25) is 0 Å². The van der Waals surface area contributed by atoms with Gasteiger partial charge in [-0.2, -0.15) is 0 Å². The van der Waals surface area contributed by atoms with E-state index in [1.807, 2.05) is 24.3 Å². The first-order valence-electron chi connectivity index (χ1n) is 9.98. The van der Waals surface area contributed by atoms with Gasteiger partial charge in [0.25, 0.3) is 5.91 Å². The number of amides is 1. The minimum absolute atomic E-state index is 0.0875. The van der Waals surface area contributed by atoms with Crippen molar-refractivity contribution >= 4 is 11.9 Å². The predicted octanol–water partition coefficient (Wildman–Crippen LogP) is 3.40. The van der Waals surface area contributed by atoms with E-state index in [1.54, 1.807) is 14.1 Å². The van der Waals surface area contributed by atoms with Crippen molar-refractivity contribution in [3.63, 3.8) is 0 Å². The van der Waals surface area contributed by atoms with Crippen molar-refractivity contribution < 1.29 is 9.53 Å². The van der Waals surface area contributed by atoms with Gasteiger partial charge in [0.2, 0.25) is 0 Å². The monoisotopic (exact) mass is 396 g/mol. The normalized spacial score (nSPS) is 12.2. The molecule has 0 bridgehead atoms. The number of benzene rings is 2. The Bertz CT molecular complexity index is 831. The summed E-state index contributed by atoms with van der Waals surface area (Å²) in [5, 5.41) is 9.26. The molecule has 2 rings (SSSR count). The molecule has 29 heavy (non-hydrogen) atoms. The summed E-state index contributed by atoms with van der Waals surface area (Å²) in [6, 6.07) is 13.8. The second kappa shape index (κ2) is 11.1. The van der Waals surface area contributed by atoms with Crippen LogP contribution >= 0.6 is 0 Å². The van der Waals surface area contributed by atoms with Gasteiger partial charge in [-0.05, 0) is 49.6 Å². The lowest BCUT2D eigenvalue weighted by Crippen LogP contribution is -2.36. The molecule has 0 heterocycles. The maximum Gasteiger partial charge on any atom is 0.251 e. The fourth-order valence-electron chi connectivity index (χ4n) is 2.72. The van der Waals surface area contributed by atoms with Crippen LogP contribution in [0, 0.1) is 6.92 Å². The summed E-state index contributed by atoms with van der Waals surface area (Å²) in [7, 11) is 3.37. The number of carbonyl (C=O) groups is 1. The zero-order chi connectivity index (χ0) is 21.2. The van der Waals surface area contributed by atoms with Crippen molar-refractivity contribution in [1.29, 1.82) is 0 Å². The lowest BCUT2D eigenvalue weighted by atomic mass is 10.1. The van der Waals surface area contributed by atoms with E-state index in [0.717, 1.165) is 23.3 Å². The Labute approximate surface area is 173 Å². The third kappa shape index (κ3) is 6.82. The second-order valence-corrected chi connectivity index (χ2v) is 7.00. The number of ether oxygens (including phenoxy) is 1. The molecule has 2 aromatic carbocycles. The molecule has 2 aromatic rings. The van der Waals surface area contributed by atoms with E-state index < -0.39 is 0 Å². The molecule has 0 aliphatic heterocycles. The average Bonchev–Trinajstić information content (AvgIpc) is 2.74. The Balaban J connectivity index is 1.95. The summed E-state index contributed by atoms with van der Waals surface area (Å²) in [5.41, 5.74) is 3.98. The fourth-order valence-corrected chi connectivity index (χ4v) is 2.72. The van der Waals surface area contributed by atoms with Crippen molar-refractivity contribution in [1.82, 2.24) is 16.0 Å². The highest BCUT2D eigenvalue weighted by Crippen LogP contribution is 2.22. The summed E-state index contributed by atoms with van der Waals surface area (Å²) in [5.74, 6) is 1.53. The first kappa shape index (κ1) is 22.3. The fraction of sp³-hybridized carbons (Fsp3) is 0.391. The number of rotatable bonds is 8. The van der Waals surface area contributed by atoms with Gasteiger partial charge in [-0.1, -0.05) is 31.2 Å². The molecule has 0 fully saturated rings. The molecular formula is C23H32N4O2. The number of aliphatic imine (C=N–C) groups is 1. The zero-order valence-corrected chi connectivity index (χ0v) is 18.0. The molecule has 1 amide bonds. The molecule has 1 atom stereocenters. The van der Waals surface area contributed by atoms with Crippen LogP contribution in [-0.2, 0) is 13.1 Å². The lowest BCUT2D eigenvalue weighted by Gasteiger charge is -2.18. The topological polar surface area (TPSA) is 74.8 Å². The SMILES string of the molecule is CCC(C)Oc1cc(C)ccc1CNC(=NC)NCc1ccc(C(=O)NC)cc1. The zero-order valence-electron chi connectivity index (χ0n) is 18.0. The van der Waals surface area contributed by atoms with Crippen LogP contribution in [0.3, 0.4) is 0 Å². The van der Waals surface area contributed by atoms with Crippen LogP contribution in [0.1, 0.15) is 47.3 Å². The molecular weight excluding hydrogens is 364 g/mol. The van der Waals surface area contributed by atoms with Crippen LogP contribution in [0.15, 0.2) is 47.5 Å². The molecule has 3 N–H and O–H groups in total. The molecule has 0 radical (unpaired) electrons. The van der Waals surface area contributed by atoms with Gasteiger partial charge in [0, 0.05) is 38.3 Å². The molecule has 0 spiro atoms. The average molecular weight is 397 g/mol. The highest BCUT2D eigenvalue weighted by atomic mass is 16.5. The molecule has 1 unspecified atom stereocenters. The van der Waals surface area contributed by atoms with Crippen LogP contribution < -0.4 is 20.7 Å². The van der Waals surface area contributed by atoms with Crippen molar-refractivity contribution in [2.75, 3.05) is 14.1 Å². The van der Waals surface area contributed by atoms with Gasteiger partial charge in [0.1, 0.15) is 5.75 Å². The number of guanidine groups is 1. The first-order chi connectivity index (χ1) is 14.0. The highest BCUT2D eigenvalue weighted by Gasteiger charge is 2.09. The minimum atomic E-state index is -0.0875. The Morgan fingerprint density at radius 2 is 1.79 bits per heavy atom. The summed E-state index contributed by atoms with van der Waals surface area (Å²) >= 11 is 0. The Morgan fingerprint density at radius 3 is 2.41 bits per heavy atom. The van der Waals surface area contributed by atoms with E-state index in [1.165, 1.54) is 5.56 Å². The smallest absolute Gasteiger partial charge is 0.251 e. The summed E-state index contributed by atoms with van der Waals surface area (Å²) in [4.78, 5) is 15.9. The Hall–Kier alpha value is -3.02. The quantitative estimate of drug-likeness (QED) is 0.472. The third-order valence-electron chi connectivity index (χ3n) is 4.70. The van der Waals surface area contributed by atoms with Crippen molar-refractivity contribution in [3.05, 3.63) is 64.7 Å². The van der Waals surface area contributed by atoms with Crippen LogP contribution in [0.5, 0.6) is 5.75 Å². The molecule has 0 saturated heterocycles. The summed E-state index contributed by atoms with van der Waals surface area (Å²) < 4.78 is 6.08. The maximum absolute atomic E-state index is 11.6. The number of nitrogens with zero attached hydrogens (tertiary/aromatic N) is 1. The number of hydrogen-bond acceptors (Lipinski definition) is 3. The standard InChI is InChI=1S/C23H32N4O2/c1-6-17(3)29-21-13-16(2)7-10-20(21)15-27-23(25-5)26-14-18-8-11-19(12-9-18)22(28)24-4/h7-13,17H,6,14-15H2,1-5H3,(H,24,28)(H2,25,26,27). The third-order valence-corrected chi connectivity index (χ3v) is 4.70. The van der Waals surface area contributed by atoms with E-state index in [4.69, 9.17) is 4.74 Å². The van der Waals surface area contributed by atoms with E-state index in [-0.39, 0.29) is 12.0 Å². The number of nitrogens with one attached hydrogen (secondary N) is 3. The lowest BCUT2D eigenvalue weighted by molar-refractivity contribution is 0.0963. The molecule has 0 aromatic heterocycles. The van der Waals surface area contributed by atoms with E-state index in [0.29, 0.717) is 24.6 Å². The van der Waals surface area contributed by atoms with Crippen LogP contribution in [0.4, 0.5) is 0 Å². The van der Waals surface area contributed by atoms with E-state index in [9.17, 15) is 4.79 Å². The van der Waals surface area contributed by atoms with E-state index in [2.05, 4.69) is 59.9 Å². The van der Waals surface area contributed by atoms with Crippen LogP contribution in [-0.4, -0.2) is 32.1 Å². The van der Waals surface area contributed by atoms with Crippen molar-refractivity contribution in [3.8, 4) is 5.75 Å². The van der Waals surface area contributed by atoms with Crippen LogP contribution in [0.25, 0.3) is 0 Å². The van der Waals surface area contributed by atoms with Gasteiger partial charge >= 0.3 is 0 Å². The van der Waals surface area contributed by atoms with E-state index >= 15 is 0 Å². The van der Waals surface area contributed by atoms with Gasteiger partial charge in [0.15, 0.2) is 5.96 Å². The molecule has 6 heteroatoms. The molecule has 0 saturated carbocycles. The van der Waals surface area contributed by atoms with Gasteiger partial charge in [-0.25, -0.2) is 0 Å². The Kier molecular flexibility index (Phi) is 8.52. The summed E-state index contributed by atoms with van der Waals surface area (Å²) in [6.07, 6.45) is 1.13. The minimum Gasteiger partial charge on any atom is -0.490 e. The maximum atomic E-state index is 11.6. The van der Waals surface area contributed by atoms with Crippen molar-refractivity contribution in [2.24, 2.45) is 4.99 Å². The largest absolute Gasteiger partial charge is 0.490 e. The molecule has 156 valence electrons. The van der Waals surface area contributed by atoms with Gasteiger partial charge < -0.3 is 20.7 Å².